The van der Waals surface area contributed by atoms with Gasteiger partial charge in [0, 0.05) is 13.0 Å². The van der Waals surface area contributed by atoms with Gasteiger partial charge in [0.2, 0.25) is 0 Å². The largest absolute Gasteiger partial charge is 0.462 e. The topological polar surface area (TPSA) is 29.5 Å². The van der Waals surface area contributed by atoms with E-state index in [9.17, 15) is 4.79 Å². The first-order valence-corrected chi connectivity index (χ1v) is 13.6. The molecule has 0 aromatic rings. The summed E-state index contributed by atoms with van der Waals surface area (Å²) < 4.78 is 5.99. The average molecular weight is 428 g/mol. The fraction of sp³-hybridized carbons (Fsp3) is 0.893. The number of rotatable bonds is 5. The predicted octanol–water partition coefficient (Wildman–Crippen LogP) is 6.37. The Morgan fingerprint density at radius 3 is 2.68 bits per heavy atom. The first kappa shape index (κ1) is 22.0. The minimum absolute atomic E-state index is 0.0276. The second kappa shape index (κ2) is 8.50. The summed E-state index contributed by atoms with van der Waals surface area (Å²) in [6.07, 6.45) is 17.6. The maximum Gasteiger partial charge on any atom is 0.307 e. The first-order chi connectivity index (χ1) is 14.9. The van der Waals surface area contributed by atoms with E-state index in [1.54, 1.807) is 5.57 Å². The van der Waals surface area contributed by atoms with Crippen molar-refractivity contribution in [1.29, 1.82) is 0 Å². The number of carbonyl (C=O) groups excluding carboxylic acids is 1. The Morgan fingerprint density at radius 2 is 1.90 bits per heavy atom. The molecule has 7 atom stereocenters. The molecule has 4 aliphatic carbocycles. The molecule has 31 heavy (non-hydrogen) atoms. The summed E-state index contributed by atoms with van der Waals surface area (Å²) >= 11 is 0. The number of allylic oxidation sites excluding steroid dienone is 1. The smallest absolute Gasteiger partial charge is 0.307 e. The summed E-state index contributed by atoms with van der Waals surface area (Å²) in [5, 5.41) is 0. The van der Waals surface area contributed by atoms with Crippen LogP contribution >= 0.6 is 0 Å². The molecule has 7 unspecified atom stereocenters. The Hall–Kier alpha value is -0.830. The van der Waals surface area contributed by atoms with Crippen molar-refractivity contribution >= 4 is 5.97 Å². The van der Waals surface area contributed by atoms with Crippen LogP contribution in [0.1, 0.15) is 97.8 Å². The van der Waals surface area contributed by atoms with Gasteiger partial charge in [0.15, 0.2) is 0 Å². The van der Waals surface area contributed by atoms with Gasteiger partial charge in [0.1, 0.15) is 6.10 Å². The number of fused-ring (bicyclic) bond motifs is 5. The number of hydrogen-bond donors (Lipinski definition) is 0. The van der Waals surface area contributed by atoms with Crippen molar-refractivity contribution in [3.8, 4) is 0 Å². The zero-order valence-corrected chi connectivity index (χ0v) is 20.3. The van der Waals surface area contributed by atoms with E-state index >= 15 is 0 Å². The van der Waals surface area contributed by atoms with Crippen LogP contribution in [0.5, 0.6) is 0 Å². The lowest BCUT2D eigenvalue weighted by molar-refractivity contribution is -0.151. The van der Waals surface area contributed by atoms with Gasteiger partial charge in [0.25, 0.3) is 0 Å². The van der Waals surface area contributed by atoms with Crippen LogP contribution in [0.25, 0.3) is 0 Å². The summed E-state index contributed by atoms with van der Waals surface area (Å²) in [5.74, 6) is 3.66. The lowest BCUT2D eigenvalue weighted by Gasteiger charge is -2.58. The molecule has 0 aromatic carbocycles. The third-order valence-corrected chi connectivity index (χ3v) is 10.9. The standard InChI is InChI=1S/C28H45NO2/c1-4-20-8-10-24-23-9-7-21-19-22(31-26(30)13-18-29-16-5-6-17-29)11-14-28(21,3)25(23)12-15-27(20,24)2/h7,20,22-25H,4-6,8-19H2,1-3H3. The van der Waals surface area contributed by atoms with Crippen LogP contribution in [0.3, 0.4) is 0 Å². The van der Waals surface area contributed by atoms with E-state index in [4.69, 9.17) is 4.74 Å². The minimum atomic E-state index is 0.0276. The number of nitrogens with zero attached hydrogens (tertiary/aromatic N) is 1. The van der Waals surface area contributed by atoms with Gasteiger partial charge in [-0.15, -0.1) is 0 Å². The second-order valence-electron chi connectivity index (χ2n) is 12.1. The molecule has 1 heterocycles. The van der Waals surface area contributed by atoms with Crippen LogP contribution in [-0.2, 0) is 9.53 Å². The van der Waals surface area contributed by atoms with Gasteiger partial charge < -0.3 is 9.64 Å². The number of ether oxygens (including phenoxy) is 1. The number of likely N-dealkylation sites (tertiary alicyclic amines) is 1. The van der Waals surface area contributed by atoms with E-state index in [2.05, 4.69) is 31.7 Å². The van der Waals surface area contributed by atoms with Crippen LogP contribution in [0.4, 0.5) is 0 Å². The van der Waals surface area contributed by atoms with Crippen molar-refractivity contribution in [2.45, 2.75) is 104 Å². The highest BCUT2D eigenvalue weighted by atomic mass is 16.5. The summed E-state index contributed by atoms with van der Waals surface area (Å²) in [6.45, 7) is 10.8. The second-order valence-corrected chi connectivity index (χ2v) is 12.1. The molecule has 174 valence electrons. The fourth-order valence-corrected chi connectivity index (χ4v) is 9.01. The molecule has 0 bridgehead atoms. The number of carbonyl (C=O) groups is 1. The molecule has 3 saturated carbocycles. The molecule has 0 radical (unpaired) electrons. The molecule has 0 amide bonds. The maximum atomic E-state index is 12.5. The van der Waals surface area contributed by atoms with E-state index in [1.807, 2.05) is 0 Å². The third kappa shape index (κ3) is 3.81. The van der Waals surface area contributed by atoms with E-state index in [-0.39, 0.29) is 12.1 Å². The molecule has 4 fully saturated rings. The predicted molar refractivity (Wildman–Crippen MR) is 126 cm³/mol. The molecular weight excluding hydrogens is 382 g/mol. The fourth-order valence-electron chi connectivity index (χ4n) is 9.01. The van der Waals surface area contributed by atoms with E-state index in [0.29, 0.717) is 17.3 Å². The summed E-state index contributed by atoms with van der Waals surface area (Å²) in [6, 6.07) is 0. The third-order valence-electron chi connectivity index (χ3n) is 10.9. The number of esters is 1. The molecule has 5 aliphatic rings. The van der Waals surface area contributed by atoms with Crippen molar-refractivity contribution in [2.75, 3.05) is 19.6 Å². The molecule has 1 saturated heterocycles. The molecule has 5 rings (SSSR count). The zero-order valence-electron chi connectivity index (χ0n) is 20.3. The Kier molecular flexibility index (Phi) is 6.03. The van der Waals surface area contributed by atoms with Crippen molar-refractivity contribution in [2.24, 2.45) is 34.5 Å². The van der Waals surface area contributed by atoms with Crippen LogP contribution in [0, 0.1) is 34.5 Å². The van der Waals surface area contributed by atoms with E-state index < -0.39 is 0 Å². The van der Waals surface area contributed by atoms with Gasteiger partial charge in [-0.1, -0.05) is 38.8 Å². The molecular formula is C28H45NO2. The summed E-state index contributed by atoms with van der Waals surface area (Å²) in [7, 11) is 0. The SMILES string of the molecule is CCC1CCC2C3CC=C4CC(OC(=O)CCN5CCCC5)CCC4(C)C3CCC12C. The minimum Gasteiger partial charge on any atom is -0.462 e. The summed E-state index contributed by atoms with van der Waals surface area (Å²) in [4.78, 5) is 14.9. The lowest BCUT2D eigenvalue weighted by Crippen LogP contribution is -2.50. The molecule has 0 spiro atoms. The monoisotopic (exact) mass is 427 g/mol. The van der Waals surface area contributed by atoms with Gasteiger partial charge in [-0.2, -0.15) is 0 Å². The van der Waals surface area contributed by atoms with Gasteiger partial charge >= 0.3 is 5.97 Å². The lowest BCUT2D eigenvalue weighted by atomic mass is 9.47. The van der Waals surface area contributed by atoms with Crippen LogP contribution < -0.4 is 0 Å². The van der Waals surface area contributed by atoms with Gasteiger partial charge in [-0.25, -0.2) is 0 Å². The highest BCUT2D eigenvalue weighted by molar-refractivity contribution is 5.69. The van der Waals surface area contributed by atoms with Crippen molar-refractivity contribution < 1.29 is 9.53 Å². The highest BCUT2D eigenvalue weighted by Gasteiger charge is 2.58. The normalized spacial score (nSPS) is 44.9. The van der Waals surface area contributed by atoms with Crippen LogP contribution in [-0.4, -0.2) is 36.6 Å². The Bertz CT molecular complexity index is 710. The van der Waals surface area contributed by atoms with Gasteiger partial charge in [-0.3, -0.25) is 4.79 Å². The van der Waals surface area contributed by atoms with Crippen molar-refractivity contribution in [3.63, 3.8) is 0 Å². The molecule has 0 aromatic heterocycles. The Labute approximate surface area is 190 Å². The zero-order chi connectivity index (χ0) is 21.6. The average Bonchev–Trinajstić information content (AvgIpc) is 3.39. The molecule has 0 N–H and O–H groups in total. The highest BCUT2D eigenvalue weighted by Crippen LogP contribution is 2.66. The molecule has 3 nitrogen and oxygen atoms in total. The van der Waals surface area contributed by atoms with Crippen molar-refractivity contribution in [1.82, 2.24) is 4.90 Å². The number of hydrogen-bond acceptors (Lipinski definition) is 3. The Balaban J connectivity index is 1.22. The van der Waals surface area contributed by atoms with Crippen molar-refractivity contribution in [3.05, 3.63) is 11.6 Å². The first-order valence-electron chi connectivity index (χ1n) is 13.6. The van der Waals surface area contributed by atoms with E-state index in [0.717, 1.165) is 56.1 Å². The molecule has 1 aliphatic heterocycles. The maximum absolute atomic E-state index is 12.5. The summed E-state index contributed by atoms with van der Waals surface area (Å²) in [5.41, 5.74) is 2.58. The van der Waals surface area contributed by atoms with Crippen LogP contribution in [0.2, 0.25) is 0 Å². The van der Waals surface area contributed by atoms with E-state index in [1.165, 1.54) is 57.8 Å². The molecule has 3 heteroatoms. The van der Waals surface area contributed by atoms with Gasteiger partial charge in [0.05, 0.1) is 6.42 Å². The quantitative estimate of drug-likeness (QED) is 0.377. The van der Waals surface area contributed by atoms with Crippen LogP contribution in [0.15, 0.2) is 11.6 Å². The Morgan fingerprint density at radius 1 is 1.10 bits per heavy atom. The van der Waals surface area contributed by atoms with Gasteiger partial charge in [-0.05, 0) is 105 Å².